The first-order chi connectivity index (χ1) is 13.9. The monoisotopic (exact) mass is 392 g/mol. The van der Waals surface area contributed by atoms with Crippen molar-refractivity contribution in [3.8, 4) is 6.07 Å². The molecule has 0 heterocycles. The Morgan fingerprint density at radius 3 is 2.17 bits per heavy atom. The van der Waals surface area contributed by atoms with Crippen LogP contribution < -0.4 is 0 Å². The number of hydrogen-bond acceptors (Lipinski definition) is 6. The van der Waals surface area contributed by atoms with Crippen LogP contribution in [0.15, 0.2) is 54.6 Å². The highest BCUT2D eigenvalue weighted by atomic mass is 16.6. The first kappa shape index (κ1) is 20.2. The van der Waals surface area contributed by atoms with Crippen LogP contribution in [0.4, 0.5) is 5.69 Å². The van der Waals surface area contributed by atoms with Crippen LogP contribution in [0.5, 0.6) is 0 Å². The number of carbonyl (C=O) groups is 2. The summed E-state index contributed by atoms with van der Waals surface area (Å²) >= 11 is 0. The van der Waals surface area contributed by atoms with Gasteiger partial charge in [0.2, 0.25) is 0 Å². The number of ketones is 1. The molecule has 1 aliphatic rings. The molecule has 0 saturated heterocycles. The Balaban J connectivity index is 2.18. The second kappa shape index (κ2) is 8.23. The highest BCUT2D eigenvalue weighted by Gasteiger charge is 2.58. The normalized spacial score (nSPS) is 23.8. The topological polar surface area (TPSA) is 110 Å². The predicted molar refractivity (Wildman–Crippen MR) is 104 cm³/mol. The van der Waals surface area contributed by atoms with E-state index in [0.29, 0.717) is 11.1 Å². The number of rotatable bonds is 5. The Bertz CT molecular complexity index is 965. The van der Waals surface area contributed by atoms with Gasteiger partial charge in [-0.25, -0.2) is 0 Å². The van der Waals surface area contributed by atoms with Gasteiger partial charge in [0, 0.05) is 36.8 Å². The molecule has 0 spiro atoms. The van der Waals surface area contributed by atoms with Crippen molar-refractivity contribution >= 4 is 17.4 Å². The van der Waals surface area contributed by atoms with Crippen molar-refractivity contribution in [2.75, 3.05) is 6.61 Å². The maximum atomic E-state index is 13.1. The van der Waals surface area contributed by atoms with Gasteiger partial charge < -0.3 is 4.74 Å². The van der Waals surface area contributed by atoms with Crippen LogP contribution in [0.2, 0.25) is 0 Å². The summed E-state index contributed by atoms with van der Waals surface area (Å²) in [7, 11) is 0. The number of non-ortho nitro benzene ring substituents is 1. The summed E-state index contributed by atoms with van der Waals surface area (Å²) in [6.45, 7) is 1.76. The van der Waals surface area contributed by atoms with Gasteiger partial charge in [0.25, 0.3) is 5.69 Å². The third-order valence-corrected chi connectivity index (χ3v) is 5.47. The van der Waals surface area contributed by atoms with E-state index >= 15 is 0 Å². The van der Waals surface area contributed by atoms with Crippen molar-refractivity contribution < 1.29 is 19.2 Å². The lowest BCUT2D eigenvalue weighted by Crippen LogP contribution is -2.47. The molecule has 1 saturated carbocycles. The van der Waals surface area contributed by atoms with Crippen molar-refractivity contribution in [1.82, 2.24) is 0 Å². The Morgan fingerprint density at radius 1 is 1.14 bits per heavy atom. The molecule has 0 unspecified atom stereocenters. The number of Topliss-reactive ketones (excluding diaryl/α,β-unsaturated/α-hetero) is 1. The minimum atomic E-state index is -1.61. The molecule has 148 valence electrons. The van der Waals surface area contributed by atoms with E-state index in [0.717, 1.165) is 0 Å². The second-order valence-corrected chi connectivity index (χ2v) is 7.01. The molecule has 2 aromatic rings. The molecule has 1 aliphatic carbocycles. The molecule has 7 nitrogen and oxygen atoms in total. The molecule has 2 aromatic carbocycles. The molecule has 0 N–H and O–H groups in total. The molecular formula is C22H20N2O5. The summed E-state index contributed by atoms with van der Waals surface area (Å²) in [6.07, 6.45) is 0.0490. The van der Waals surface area contributed by atoms with Crippen LogP contribution in [0.25, 0.3) is 0 Å². The lowest BCUT2D eigenvalue weighted by molar-refractivity contribution is -0.384. The first-order valence-electron chi connectivity index (χ1n) is 9.33. The summed E-state index contributed by atoms with van der Waals surface area (Å²) < 4.78 is 5.30. The summed E-state index contributed by atoms with van der Waals surface area (Å²) in [5, 5.41) is 21.2. The zero-order valence-corrected chi connectivity index (χ0v) is 15.9. The van der Waals surface area contributed by atoms with E-state index in [1.54, 1.807) is 31.2 Å². The fourth-order valence-electron chi connectivity index (χ4n) is 4.12. The maximum absolute atomic E-state index is 13.1. The predicted octanol–water partition coefficient (Wildman–Crippen LogP) is 3.90. The largest absolute Gasteiger partial charge is 0.465 e. The molecule has 3 rings (SSSR count). The zero-order valence-electron chi connectivity index (χ0n) is 15.9. The number of nitriles is 1. The number of hydrogen-bond donors (Lipinski definition) is 0. The van der Waals surface area contributed by atoms with Gasteiger partial charge >= 0.3 is 5.97 Å². The van der Waals surface area contributed by atoms with E-state index in [4.69, 9.17) is 4.74 Å². The Labute approximate surface area is 168 Å². The van der Waals surface area contributed by atoms with Crippen LogP contribution >= 0.6 is 0 Å². The van der Waals surface area contributed by atoms with Crippen LogP contribution in [0, 0.1) is 26.9 Å². The van der Waals surface area contributed by atoms with E-state index in [1.807, 2.05) is 6.07 Å². The van der Waals surface area contributed by atoms with Gasteiger partial charge in [0.1, 0.15) is 5.78 Å². The second-order valence-electron chi connectivity index (χ2n) is 7.01. The minimum Gasteiger partial charge on any atom is -0.465 e. The molecule has 7 heteroatoms. The SMILES string of the molecule is CCOC(=O)[C@]1(C#N)[C@@H](c2ccc([N+](=O)[O-])cc2)CC(=O)C[C@H]1c1ccccc1. The molecule has 0 aromatic heterocycles. The number of nitro benzene ring substituents is 1. The lowest BCUT2D eigenvalue weighted by atomic mass is 9.56. The number of nitrogens with zero attached hydrogens (tertiary/aromatic N) is 2. The van der Waals surface area contributed by atoms with Gasteiger partial charge in [-0.05, 0) is 18.1 Å². The minimum absolute atomic E-state index is 0.00643. The van der Waals surface area contributed by atoms with Gasteiger partial charge in [0.15, 0.2) is 5.41 Å². The molecule has 1 fully saturated rings. The van der Waals surface area contributed by atoms with Crippen molar-refractivity contribution in [1.29, 1.82) is 5.26 Å². The number of nitro groups is 1. The van der Waals surface area contributed by atoms with Crippen LogP contribution in [0.1, 0.15) is 42.7 Å². The average Bonchev–Trinajstić information content (AvgIpc) is 2.74. The fourth-order valence-corrected chi connectivity index (χ4v) is 4.12. The zero-order chi connectivity index (χ0) is 21.0. The molecule has 0 radical (unpaired) electrons. The highest BCUT2D eigenvalue weighted by Crippen LogP contribution is 2.54. The smallest absolute Gasteiger partial charge is 0.327 e. The standard InChI is InChI=1S/C22H20N2O5/c1-2-29-21(26)22(14-23)19(15-6-4-3-5-7-15)12-18(25)13-20(22)16-8-10-17(11-9-16)24(27)28/h3-11,19-20H,2,12-13H2,1H3/t19-,20+,22-/m0/s1. The number of esters is 1. The molecule has 0 amide bonds. The Morgan fingerprint density at radius 2 is 1.69 bits per heavy atom. The summed E-state index contributed by atoms with van der Waals surface area (Å²) in [5.41, 5.74) is -0.475. The van der Waals surface area contributed by atoms with Crippen molar-refractivity contribution in [2.24, 2.45) is 5.41 Å². The highest BCUT2D eigenvalue weighted by molar-refractivity contribution is 5.90. The number of ether oxygens (including phenoxy) is 1. The first-order valence-corrected chi connectivity index (χ1v) is 9.33. The average molecular weight is 392 g/mol. The molecular weight excluding hydrogens is 372 g/mol. The Hall–Kier alpha value is -3.53. The molecule has 0 bridgehead atoms. The summed E-state index contributed by atoms with van der Waals surface area (Å²) in [4.78, 5) is 36.2. The van der Waals surface area contributed by atoms with E-state index < -0.39 is 28.1 Å². The fraction of sp³-hybridized carbons (Fsp3) is 0.318. The molecule has 29 heavy (non-hydrogen) atoms. The van der Waals surface area contributed by atoms with Gasteiger partial charge in [-0.15, -0.1) is 0 Å². The van der Waals surface area contributed by atoms with Gasteiger partial charge in [-0.3, -0.25) is 19.7 Å². The Kier molecular flexibility index (Phi) is 5.74. The third-order valence-electron chi connectivity index (χ3n) is 5.47. The van der Waals surface area contributed by atoms with Crippen LogP contribution in [-0.4, -0.2) is 23.3 Å². The quantitative estimate of drug-likeness (QED) is 0.433. The lowest BCUT2D eigenvalue weighted by Gasteiger charge is -2.42. The number of benzene rings is 2. The van der Waals surface area contributed by atoms with Crippen LogP contribution in [0.3, 0.4) is 0 Å². The van der Waals surface area contributed by atoms with Gasteiger partial charge in [0.05, 0.1) is 17.6 Å². The summed E-state index contributed by atoms with van der Waals surface area (Å²) in [6, 6.07) is 16.8. The van der Waals surface area contributed by atoms with Gasteiger partial charge in [-0.2, -0.15) is 5.26 Å². The molecule has 0 aliphatic heterocycles. The van der Waals surface area contributed by atoms with E-state index in [-0.39, 0.29) is 30.9 Å². The van der Waals surface area contributed by atoms with Gasteiger partial charge in [-0.1, -0.05) is 42.5 Å². The summed E-state index contributed by atoms with van der Waals surface area (Å²) in [5.74, 6) is -2.18. The number of carbonyl (C=O) groups excluding carboxylic acids is 2. The molecule has 3 atom stereocenters. The van der Waals surface area contributed by atoms with Crippen LogP contribution in [-0.2, 0) is 14.3 Å². The van der Waals surface area contributed by atoms with E-state index in [1.165, 1.54) is 24.3 Å². The van der Waals surface area contributed by atoms with E-state index in [9.17, 15) is 25.0 Å². The van der Waals surface area contributed by atoms with Crippen molar-refractivity contribution in [3.05, 3.63) is 75.8 Å². The third kappa shape index (κ3) is 3.61. The van der Waals surface area contributed by atoms with Crippen molar-refractivity contribution in [3.63, 3.8) is 0 Å². The van der Waals surface area contributed by atoms with Crippen molar-refractivity contribution in [2.45, 2.75) is 31.6 Å². The van der Waals surface area contributed by atoms with E-state index in [2.05, 4.69) is 6.07 Å². The maximum Gasteiger partial charge on any atom is 0.327 e.